The van der Waals surface area contributed by atoms with E-state index in [1.165, 1.54) is 74.5 Å². The Kier molecular flexibility index (Phi) is 10.8. The van der Waals surface area contributed by atoms with Gasteiger partial charge < -0.3 is 20.6 Å². The summed E-state index contributed by atoms with van der Waals surface area (Å²) in [6.07, 6.45) is 17.8. The van der Waals surface area contributed by atoms with Crippen molar-refractivity contribution in [2.75, 3.05) is 19.7 Å². The Balaban J connectivity index is 0.000000361. The third-order valence-electron chi connectivity index (χ3n) is 5.45. The van der Waals surface area contributed by atoms with Crippen molar-refractivity contribution in [2.45, 2.75) is 58.3 Å². The number of aliphatic carboxylic acids is 1. The van der Waals surface area contributed by atoms with Crippen molar-refractivity contribution >= 4 is 18.3 Å². The molecular weight excluding hydrogens is 388 g/mol. The van der Waals surface area contributed by atoms with Gasteiger partial charge in [0.05, 0.1) is 0 Å². The zero-order valence-corrected chi connectivity index (χ0v) is 18.8. The molecule has 3 N–H and O–H groups in total. The van der Waals surface area contributed by atoms with E-state index >= 15 is 0 Å². The molecule has 5 heteroatoms. The maximum atomic E-state index is 9.00. The lowest BCUT2D eigenvalue weighted by Crippen LogP contribution is -2.29. The lowest BCUT2D eigenvalue weighted by molar-refractivity contribution is -0.134. The van der Waals surface area contributed by atoms with Gasteiger partial charge in [0.15, 0.2) is 0 Å². The summed E-state index contributed by atoms with van der Waals surface area (Å²) in [5, 5.41) is 17.7. The van der Waals surface area contributed by atoms with E-state index in [-0.39, 0.29) is 0 Å². The zero-order chi connectivity index (χ0) is 22.5. The molecule has 0 bridgehead atoms. The van der Waals surface area contributed by atoms with E-state index in [4.69, 9.17) is 20.0 Å². The van der Waals surface area contributed by atoms with Gasteiger partial charge in [-0.3, -0.25) is 4.79 Å². The predicted molar refractivity (Wildman–Crippen MR) is 128 cm³/mol. The predicted octanol–water partition coefficient (Wildman–Crippen LogP) is 5.73. The Morgan fingerprint density at radius 1 is 1.16 bits per heavy atom. The third kappa shape index (κ3) is 9.35. The third-order valence-corrected chi connectivity index (χ3v) is 5.45. The first-order chi connectivity index (χ1) is 15.0. The fourth-order valence-electron chi connectivity index (χ4n) is 3.55. The minimum absolute atomic E-state index is 0.615. The molecule has 1 aromatic rings. The van der Waals surface area contributed by atoms with Crippen LogP contribution >= 0.6 is 0 Å². The zero-order valence-electron chi connectivity index (χ0n) is 18.8. The molecule has 1 saturated heterocycles. The van der Waals surface area contributed by atoms with Crippen LogP contribution in [0.4, 0.5) is 0 Å². The maximum absolute atomic E-state index is 9.00. The highest BCUT2D eigenvalue weighted by molar-refractivity contribution is 5.75. The van der Waals surface area contributed by atoms with Gasteiger partial charge in [0.1, 0.15) is 12.4 Å². The van der Waals surface area contributed by atoms with Crippen LogP contribution in [-0.4, -0.2) is 37.0 Å². The number of hydrogen-bond donors (Lipinski definition) is 3. The smallest absolute Gasteiger partial charge is 0.300 e. The molecule has 1 aliphatic carbocycles. The van der Waals surface area contributed by atoms with E-state index in [2.05, 4.69) is 35.7 Å². The molecular formula is C26H36N2O3. The fraction of sp³-hybridized carbons (Fsp3) is 0.462. The molecule has 0 aromatic heterocycles. The number of allylic oxidation sites excluding steroid dienone is 3. The molecule has 0 radical (unpaired) electrons. The largest absolute Gasteiger partial charge is 0.488 e. The van der Waals surface area contributed by atoms with Gasteiger partial charge in [-0.25, -0.2) is 0 Å². The van der Waals surface area contributed by atoms with E-state index in [1.54, 1.807) is 0 Å². The van der Waals surface area contributed by atoms with E-state index in [1.807, 2.05) is 19.1 Å². The lowest BCUT2D eigenvalue weighted by atomic mass is 9.83. The summed E-state index contributed by atoms with van der Waals surface area (Å²) in [5.74, 6) is 0.884. The van der Waals surface area contributed by atoms with E-state index in [0.717, 1.165) is 24.2 Å². The van der Waals surface area contributed by atoms with Gasteiger partial charge in [-0.2, -0.15) is 0 Å². The molecule has 0 spiro atoms. The molecule has 5 nitrogen and oxygen atoms in total. The van der Waals surface area contributed by atoms with Crippen LogP contribution in [0.25, 0.3) is 6.08 Å². The first kappa shape index (κ1) is 24.6. The SMILES string of the molecule is C/C(C=N)=C/C=C/C1=Cc2cc(C3CCCCC3)ccc2OC1.C1CNC1.CC(=O)O. The summed E-state index contributed by atoms with van der Waals surface area (Å²) >= 11 is 0. The van der Waals surface area contributed by atoms with Gasteiger partial charge >= 0.3 is 0 Å². The van der Waals surface area contributed by atoms with E-state index in [0.29, 0.717) is 6.61 Å². The highest BCUT2D eigenvalue weighted by Crippen LogP contribution is 2.36. The molecule has 0 unspecified atom stereocenters. The molecule has 1 aromatic carbocycles. The number of ether oxygens (including phenoxy) is 1. The average Bonchev–Trinajstić information content (AvgIpc) is 2.72. The first-order valence-electron chi connectivity index (χ1n) is 11.2. The molecule has 2 aliphatic heterocycles. The number of fused-ring (bicyclic) bond motifs is 1. The summed E-state index contributed by atoms with van der Waals surface area (Å²) in [6, 6.07) is 6.70. The lowest BCUT2D eigenvalue weighted by Gasteiger charge is -2.24. The van der Waals surface area contributed by atoms with Gasteiger partial charge in [-0.05, 0) is 80.1 Å². The number of benzene rings is 1. The van der Waals surface area contributed by atoms with Gasteiger partial charge in [-0.15, -0.1) is 0 Å². The summed E-state index contributed by atoms with van der Waals surface area (Å²) in [6.45, 7) is 6.12. The van der Waals surface area contributed by atoms with Gasteiger partial charge in [0.2, 0.25) is 0 Å². The summed E-state index contributed by atoms with van der Waals surface area (Å²) in [5.41, 5.74) is 4.78. The highest BCUT2D eigenvalue weighted by atomic mass is 16.5. The van der Waals surface area contributed by atoms with Crippen LogP contribution in [0.3, 0.4) is 0 Å². The minimum Gasteiger partial charge on any atom is -0.488 e. The number of rotatable bonds is 4. The van der Waals surface area contributed by atoms with Crippen LogP contribution in [0.2, 0.25) is 0 Å². The Bertz CT molecular complexity index is 806. The molecule has 0 amide bonds. The van der Waals surface area contributed by atoms with Crippen molar-refractivity contribution in [1.29, 1.82) is 5.41 Å². The van der Waals surface area contributed by atoms with Crippen molar-refractivity contribution < 1.29 is 14.6 Å². The normalized spacial score (nSPS) is 18.1. The Morgan fingerprint density at radius 2 is 1.81 bits per heavy atom. The van der Waals surface area contributed by atoms with E-state index in [9.17, 15) is 0 Å². The van der Waals surface area contributed by atoms with Gasteiger partial charge in [-0.1, -0.05) is 43.6 Å². The molecule has 1 saturated carbocycles. The summed E-state index contributed by atoms with van der Waals surface area (Å²) < 4.78 is 5.88. The van der Waals surface area contributed by atoms with Crippen molar-refractivity contribution in [3.63, 3.8) is 0 Å². The van der Waals surface area contributed by atoms with Crippen LogP contribution in [0.1, 0.15) is 69.4 Å². The van der Waals surface area contributed by atoms with Crippen molar-refractivity contribution in [3.8, 4) is 5.75 Å². The second-order valence-electron chi connectivity index (χ2n) is 8.18. The second-order valence-corrected chi connectivity index (χ2v) is 8.18. The number of carboxylic acids is 1. The number of carboxylic acid groups (broad SMARTS) is 1. The topological polar surface area (TPSA) is 82.4 Å². The maximum Gasteiger partial charge on any atom is 0.300 e. The van der Waals surface area contributed by atoms with Crippen molar-refractivity contribution in [2.24, 2.45) is 0 Å². The van der Waals surface area contributed by atoms with Crippen LogP contribution in [-0.2, 0) is 4.79 Å². The molecule has 3 aliphatic rings. The van der Waals surface area contributed by atoms with Gasteiger partial charge in [0, 0.05) is 18.7 Å². The molecule has 0 atom stereocenters. The quantitative estimate of drug-likeness (QED) is 0.426. The molecule has 2 fully saturated rings. The molecule has 168 valence electrons. The summed E-state index contributed by atoms with van der Waals surface area (Å²) in [4.78, 5) is 9.00. The number of carbonyl (C=O) groups is 1. The van der Waals surface area contributed by atoms with Crippen LogP contribution < -0.4 is 10.1 Å². The van der Waals surface area contributed by atoms with Crippen LogP contribution in [0.5, 0.6) is 5.75 Å². The first-order valence-corrected chi connectivity index (χ1v) is 11.2. The fourth-order valence-corrected chi connectivity index (χ4v) is 3.55. The Morgan fingerprint density at radius 3 is 2.39 bits per heavy atom. The minimum atomic E-state index is -0.833. The Labute approximate surface area is 186 Å². The Hall–Kier alpha value is -2.66. The molecule has 2 heterocycles. The standard InChI is InChI=1S/C21H25NO.C3H7N.C2H4O2/c1-16(14-22)6-5-7-17-12-20-13-19(10-11-21(20)23-15-17)18-8-3-2-4-9-18;1-2-4-3-1;1-2(3)4/h5-7,10-14,18,22H,2-4,8-9,15H2,1H3;4H,1-3H2;1H3,(H,3,4)/b7-5+,16-6-,22-14?;;. The van der Waals surface area contributed by atoms with E-state index < -0.39 is 5.97 Å². The average molecular weight is 425 g/mol. The molecule has 31 heavy (non-hydrogen) atoms. The van der Waals surface area contributed by atoms with Crippen LogP contribution in [0, 0.1) is 5.41 Å². The second kappa shape index (κ2) is 13.6. The van der Waals surface area contributed by atoms with Crippen molar-refractivity contribution in [3.05, 3.63) is 58.7 Å². The molecule has 4 rings (SSSR count). The summed E-state index contributed by atoms with van der Waals surface area (Å²) in [7, 11) is 0. The number of nitrogens with one attached hydrogen (secondary N) is 2. The highest BCUT2D eigenvalue weighted by Gasteiger charge is 2.18. The van der Waals surface area contributed by atoms with Crippen LogP contribution in [0.15, 0.2) is 47.6 Å². The number of hydrogen-bond acceptors (Lipinski definition) is 4. The monoisotopic (exact) mass is 424 g/mol. The van der Waals surface area contributed by atoms with Gasteiger partial charge in [0.25, 0.3) is 5.97 Å². The van der Waals surface area contributed by atoms with Crippen molar-refractivity contribution in [1.82, 2.24) is 5.32 Å².